The van der Waals surface area contributed by atoms with Crippen molar-refractivity contribution < 1.29 is 0 Å². The fourth-order valence-electron chi connectivity index (χ4n) is 2.06. The number of nitriles is 1. The van der Waals surface area contributed by atoms with Crippen LogP contribution in [0.2, 0.25) is 0 Å². The Labute approximate surface area is 121 Å². The molecule has 0 aliphatic rings. The van der Waals surface area contributed by atoms with E-state index < -0.39 is 0 Å². The lowest BCUT2D eigenvalue weighted by Crippen LogP contribution is -2.29. The minimum absolute atomic E-state index is 0.758. The molecule has 1 N–H and O–H groups in total. The summed E-state index contributed by atoms with van der Waals surface area (Å²) < 4.78 is 0. The van der Waals surface area contributed by atoms with Crippen molar-refractivity contribution in [3.8, 4) is 6.07 Å². The third-order valence-corrected chi connectivity index (χ3v) is 3.87. The van der Waals surface area contributed by atoms with Crippen molar-refractivity contribution in [3.63, 3.8) is 0 Å². The molecule has 1 rings (SSSR count). The molecule has 0 aliphatic heterocycles. The van der Waals surface area contributed by atoms with E-state index in [1.54, 1.807) is 11.8 Å². The second-order valence-corrected chi connectivity index (χ2v) is 5.20. The highest BCUT2D eigenvalue weighted by Crippen LogP contribution is 2.25. The minimum atomic E-state index is 0.758. The average Bonchev–Trinajstić information content (AvgIpc) is 2.45. The third-order valence-electron chi connectivity index (χ3n) is 3.09. The van der Waals surface area contributed by atoms with Crippen LogP contribution < -0.4 is 5.32 Å². The van der Waals surface area contributed by atoms with E-state index in [0.717, 1.165) is 42.3 Å². The number of likely N-dealkylation sites (N-methyl/N-ethyl adjacent to an activating group) is 1. The summed E-state index contributed by atoms with van der Waals surface area (Å²) in [5, 5.41) is 12.6. The highest BCUT2D eigenvalue weighted by Gasteiger charge is 2.07. The quantitative estimate of drug-likeness (QED) is 0.739. The number of benzene rings is 1. The van der Waals surface area contributed by atoms with Gasteiger partial charge in [0, 0.05) is 18.0 Å². The van der Waals surface area contributed by atoms with E-state index in [1.165, 1.54) is 6.42 Å². The van der Waals surface area contributed by atoms with Crippen LogP contribution in [0.4, 0.5) is 5.69 Å². The first kappa shape index (κ1) is 15.9. The van der Waals surface area contributed by atoms with Crippen molar-refractivity contribution in [1.29, 1.82) is 5.26 Å². The van der Waals surface area contributed by atoms with E-state index in [2.05, 4.69) is 30.1 Å². The van der Waals surface area contributed by atoms with Gasteiger partial charge < -0.3 is 10.2 Å². The lowest BCUT2D eigenvalue weighted by Gasteiger charge is -2.20. The molecule has 0 bridgehead atoms. The topological polar surface area (TPSA) is 39.1 Å². The van der Waals surface area contributed by atoms with Crippen LogP contribution in [-0.4, -0.2) is 37.3 Å². The van der Waals surface area contributed by atoms with Crippen LogP contribution in [0.15, 0.2) is 23.1 Å². The van der Waals surface area contributed by atoms with Gasteiger partial charge in [-0.2, -0.15) is 5.26 Å². The molecule has 0 amide bonds. The van der Waals surface area contributed by atoms with Gasteiger partial charge in [0.2, 0.25) is 0 Å². The molecule has 0 aromatic heterocycles. The number of anilines is 1. The third kappa shape index (κ3) is 4.77. The van der Waals surface area contributed by atoms with Gasteiger partial charge in [0.1, 0.15) is 6.07 Å². The zero-order valence-electron chi connectivity index (χ0n) is 12.1. The maximum atomic E-state index is 9.26. The van der Waals surface area contributed by atoms with E-state index in [4.69, 9.17) is 0 Å². The fourth-order valence-corrected chi connectivity index (χ4v) is 2.63. The molecule has 0 heterocycles. The molecular formula is C15H23N3S. The molecule has 104 valence electrons. The van der Waals surface area contributed by atoms with Gasteiger partial charge in [0.15, 0.2) is 0 Å². The monoisotopic (exact) mass is 277 g/mol. The number of hydrogen-bond donors (Lipinski definition) is 1. The lowest BCUT2D eigenvalue weighted by molar-refractivity contribution is 0.300. The molecule has 0 fully saturated rings. The number of nitrogens with zero attached hydrogens (tertiary/aromatic N) is 2. The van der Waals surface area contributed by atoms with Crippen LogP contribution in [0.25, 0.3) is 0 Å². The van der Waals surface area contributed by atoms with Gasteiger partial charge in [-0.1, -0.05) is 19.9 Å². The summed E-state index contributed by atoms with van der Waals surface area (Å²) in [5.41, 5.74) is 1.70. The van der Waals surface area contributed by atoms with E-state index in [0.29, 0.717) is 0 Å². The molecule has 0 unspecified atom stereocenters. The lowest BCUT2D eigenvalue weighted by atomic mass is 10.2. The zero-order valence-corrected chi connectivity index (χ0v) is 12.9. The molecule has 1 aromatic carbocycles. The molecule has 0 aliphatic carbocycles. The summed E-state index contributed by atoms with van der Waals surface area (Å²) in [6, 6.07) is 8.26. The summed E-state index contributed by atoms with van der Waals surface area (Å²) >= 11 is 1.61. The zero-order chi connectivity index (χ0) is 14.1. The van der Waals surface area contributed by atoms with Crippen molar-refractivity contribution in [1.82, 2.24) is 4.90 Å². The largest absolute Gasteiger partial charge is 0.383 e. The van der Waals surface area contributed by atoms with Crippen molar-refractivity contribution in [2.24, 2.45) is 0 Å². The number of thioether (sulfide) groups is 1. The predicted octanol–water partition coefficient (Wildman–Crippen LogP) is 3.42. The van der Waals surface area contributed by atoms with Crippen molar-refractivity contribution >= 4 is 17.4 Å². The Kier molecular flexibility index (Phi) is 7.39. The standard InChI is InChI=1S/C15H23N3S/c1-4-10-18(5-2)11-9-17-14-7-6-8-15(19-3)13(14)12-16/h6-8,17H,4-5,9-11H2,1-3H3. The summed E-state index contributed by atoms with van der Waals surface area (Å²) in [4.78, 5) is 3.45. The molecule has 4 heteroatoms. The first-order valence-electron chi connectivity index (χ1n) is 6.80. The van der Waals surface area contributed by atoms with Crippen molar-refractivity contribution in [3.05, 3.63) is 23.8 Å². The Morgan fingerprint density at radius 1 is 1.32 bits per heavy atom. The van der Waals surface area contributed by atoms with Gasteiger partial charge in [-0.3, -0.25) is 0 Å². The predicted molar refractivity (Wildman–Crippen MR) is 83.8 cm³/mol. The van der Waals surface area contributed by atoms with Gasteiger partial charge in [0.05, 0.1) is 11.3 Å². The van der Waals surface area contributed by atoms with E-state index >= 15 is 0 Å². The molecular weight excluding hydrogens is 254 g/mol. The average molecular weight is 277 g/mol. The number of nitrogens with one attached hydrogen (secondary N) is 1. The first-order chi connectivity index (χ1) is 9.26. The number of rotatable bonds is 8. The minimum Gasteiger partial charge on any atom is -0.383 e. The van der Waals surface area contributed by atoms with Crippen LogP contribution >= 0.6 is 11.8 Å². The molecule has 3 nitrogen and oxygen atoms in total. The van der Waals surface area contributed by atoms with Crippen molar-refractivity contribution in [2.75, 3.05) is 37.8 Å². The van der Waals surface area contributed by atoms with Crippen molar-refractivity contribution in [2.45, 2.75) is 25.2 Å². The summed E-state index contributed by atoms with van der Waals surface area (Å²) in [5.74, 6) is 0. The van der Waals surface area contributed by atoms with Crippen LogP contribution in [0.3, 0.4) is 0 Å². The Hall–Kier alpha value is -1.18. The Morgan fingerprint density at radius 2 is 2.11 bits per heavy atom. The van der Waals surface area contributed by atoms with Gasteiger partial charge in [0.25, 0.3) is 0 Å². The first-order valence-corrected chi connectivity index (χ1v) is 8.02. The van der Waals surface area contributed by atoms with Crippen LogP contribution in [0, 0.1) is 11.3 Å². The molecule has 0 atom stereocenters. The molecule has 1 aromatic rings. The SMILES string of the molecule is CCCN(CC)CCNc1cccc(SC)c1C#N. The molecule has 0 spiro atoms. The van der Waals surface area contributed by atoms with E-state index in [-0.39, 0.29) is 0 Å². The van der Waals surface area contributed by atoms with E-state index in [1.807, 2.05) is 24.5 Å². The van der Waals surface area contributed by atoms with Crippen LogP contribution in [0.5, 0.6) is 0 Å². The smallest absolute Gasteiger partial charge is 0.102 e. The van der Waals surface area contributed by atoms with Crippen LogP contribution in [0.1, 0.15) is 25.8 Å². The van der Waals surface area contributed by atoms with Crippen LogP contribution in [-0.2, 0) is 0 Å². The number of hydrogen-bond acceptors (Lipinski definition) is 4. The summed E-state index contributed by atoms with van der Waals surface area (Å²) in [6.45, 7) is 8.48. The summed E-state index contributed by atoms with van der Waals surface area (Å²) in [6.07, 6.45) is 3.18. The molecule has 0 saturated heterocycles. The highest BCUT2D eigenvalue weighted by atomic mass is 32.2. The molecule has 0 saturated carbocycles. The normalized spacial score (nSPS) is 10.5. The fraction of sp³-hybridized carbons (Fsp3) is 0.533. The Balaban J connectivity index is 2.61. The Morgan fingerprint density at radius 3 is 2.68 bits per heavy atom. The Bertz CT molecular complexity index is 426. The van der Waals surface area contributed by atoms with Gasteiger partial charge in [-0.15, -0.1) is 11.8 Å². The highest BCUT2D eigenvalue weighted by molar-refractivity contribution is 7.98. The van der Waals surface area contributed by atoms with Gasteiger partial charge in [-0.05, 0) is 37.9 Å². The summed E-state index contributed by atoms with van der Waals surface area (Å²) in [7, 11) is 0. The second-order valence-electron chi connectivity index (χ2n) is 4.36. The van der Waals surface area contributed by atoms with Gasteiger partial charge >= 0.3 is 0 Å². The maximum Gasteiger partial charge on any atom is 0.102 e. The van der Waals surface area contributed by atoms with Gasteiger partial charge in [-0.25, -0.2) is 0 Å². The second kappa shape index (κ2) is 8.84. The maximum absolute atomic E-state index is 9.26. The molecule has 19 heavy (non-hydrogen) atoms. The molecule has 0 radical (unpaired) electrons. The van der Waals surface area contributed by atoms with E-state index in [9.17, 15) is 5.26 Å².